The number of carbonyl (C=O) groups is 1. The van der Waals surface area contributed by atoms with Gasteiger partial charge in [-0.05, 0) is 31.7 Å². The Labute approximate surface area is 94.4 Å². The van der Waals surface area contributed by atoms with E-state index in [0.717, 1.165) is 48.3 Å². The standard InChI is InChI=1S/C12H17NO3/c1-7-11(9(6-13)12(14)15)8-4-2-3-5-10(8)16-7/h9H,2-6,13H2,1H3,(H,14,15). The van der Waals surface area contributed by atoms with Crippen molar-refractivity contribution in [3.63, 3.8) is 0 Å². The van der Waals surface area contributed by atoms with Gasteiger partial charge in [0, 0.05) is 18.5 Å². The van der Waals surface area contributed by atoms with E-state index in [9.17, 15) is 4.79 Å². The van der Waals surface area contributed by atoms with Crippen LogP contribution in [0.1, 0.15) is 41.4 Å². The zero-order valence-corrected chi connectivity index (χ0v) is 9.45. The topological polar surface area (TPSA) is 76.5 Å². The molecule has 88 valence electrons. The van der Waals surface area contributed by atoms with Gasteiger partial charge in [-0.15, -0.1) is 0 Å². The first-order valence-electron chi connectivity index (χ1n) is 5.69. The van der Waals surface area contributed by atoms with Crippen LogP contribution in [0.2, 0.25) is 0 Å². The Bertz CT molecular complexity index is 409. The first-order chi connectivity index (χ1) is 7.65. The Balaban J connectivity index is 2.46. The lowest BCUT2D eigenvalue weighted by Crippen LogP contribution is -2.23. The van der Waals surface area contributed by atoms with Gasteiger partial charge in [0.1, 0.15) is 11.5 Å². The fraction of sp³-hybridized carbons (Fsp3) is 0.583. The van der Waals surface area contributed by atoms with Crippen molar-refractivity contribution in [2.45, 2.75) is 38.5 Å². The monoisotopic (exact) mass is 223 g/mol. The van der Waals surface area contributed by atoms with Gasteiger partial charge in [-0.25, -0.2) is 0 Å². The van der Waals surface area contributed by atoms with Crippen molar-refractivity contribution in [1.29, 1.82) is 0 Å². The smallest absolute Gasteiger partial charge is 0.312 e. The van der Waals surface area contributed by atoms with Gasteiger partial charge in [-0.1, -0.05) is 0 Å². The first-order valence-corrected chi connectivity index (χ1v) is 5.69. The van der Waals surface area contributed by atoms with Gasteiger partial charge in [-0.2, -0.15) is 0 Å². The van der Waals surface area contributed by atoms with Crippen molar-refractivity contribution in [3.05, 3.63) is 22.6 Å². The van der Waals surface area contributed by atoms with Crippen molar-refractivity contribution in [3.8, 4) is 0 Å². The predicted octanol–water partition coefficient (Wildman–Crippen LogP) is 1.59. The number of fused-ring (bicyclic) bond motifs is 1. The van der Waals surface area contributed by atoms with Gasteiger partial charge in [0.15, 0.2) is 0 Å². The molecule has 0 fully saturated rings. The van der Waals surface area contributed by atoms with E-state index in [1.54, 1.807) is 0 Å². The number of hydrogen-bond donors (Lipinski definition) is 2. The minimum atomic E-state index is -0.861. The maximum Gasteiger partial charge on any atom is 0.312 e. The number of carboxylic acid groups (broad SMARTS) is 1. The lowest BCUT2D eigenvalue weighted by atomic mass is 9.88. The lowest BCUT2D eigenvalue weighted by Gasteiger charge is -2.14. The molecule has 1 aromatic rings. The highest BCUT2D eigenvalue weighted by molar-refractivity contribution is 5.77. The van der Waals surface area contributed by atoms with Gasteiger partial charge < -0.3 is 15.3 Å². The number of carboxylic acids is 1. The molecule has 1 aliphatic carbocycles. The Hall–Kier alpha value is -1.29. The van der Waals surface area contributed by atoms with Crippen molar-refractivity contribution in [1.82, 2.24) is 0 Å². The highest BCUT2D eigenvalue weighted by atomic mass is 16.4. The number of rotatable bonds is 3. The summed E-state index contributed by atoms with van der Waals surface area (Å²) in [6.07, 6.45) is 4.08. The molecule has 1 aromatic heterocycles. The Morgan fingerprint density at radius 3 is 2.81 bits per heavy atom. The molecule has 4 heteroatoms. The second-order valence-corrected chi connectivity index (χ2v) is 4.31. The molecular formula is C12H17NO3. The summed E-state index contributed by atoms with van der Waals surface area (Å²) in [6, 6.07) is 0. The third-order valence-electron chi connectivity index (χ3n) is 3.28. The summed E-state index contributed by atoms with van der Waals surface area (Å²) in [6.45, 7) is 1.96. The molecule has 1 atom stereocenters. The van der Waals surface area contributed by atoms with E-state index in [-0.39, 0.29) is 6.54 Å². The maximum absolute atomic E-state index is 11.1. The fourth-order valence-corrected chi connectivity index (χ4v) is 2.53. The summed E-state index contributed by atoms with van der Waals surface area (Å²) in [4.78, 5) is 11.1. The molecule has 4 nitrogen and oxygen atoms in total. The van der Waals surface area contributed by atoms with Crippen LogP contribution in [0.3, 0.4) is 0 Å². The van der Waals surface area contributed by atoms with Crippen LogP contribution >= 0.6 is 0 Å². The van der Waals surface area contributed by atoms with Gasteiger partial charge in [0.05, 0.1) is 5.92 Å². The number of hydrogen-bond acceptors (Lipinski definition) is 3. The average molecular weight is 223 g/mol. The SMILES string of the molecule is Cc1oc2c(c1C(CN)C(=O)O)CCCC2. The molecule has 1 heterocycles. The minimum Gasteiger partial charge on any atom is -0.481 e. The molecule has 0 radical (unpaired) electrons. The third-order valence-corrected chi connectivity index (χ3v) is 3.28. The Kier molecular flexibility index (Phi) is 3.01. The number of aliphatic carboxylic acids is 1. The zero-order valence-electron chi connectivity index (χ0n) is 9.45. The van der Waals surface area contributed by atoms with Crippen LogP contribution in [-0.2, 0) is 17.6 Å². The van der Waals surface area contributed by atoms with Crippen LogP contribution in [0.25, 0.3) is 0 Å². The number of furan rings is 1. The van der Waals surface area contributed by atoms with Crippen LogP contribution in [0, 0.1) is 6.92 Å². The second kappa shape index (κ2) is 4.29. The van der Waals surface area contributed by atoms with Gasteiger partial charge in [0.2, 0.25) is 0 Å². The quantitative estimate of drug-likeness (QED) is 0.815. The summed E-state index contributed by atoms with van der Waals surface area (Å²) in [7, 11) is 0. The molecule has 0 amide bonds. The van der Waals surface area contributed by atoms with E-state index in [1.807, 2.05) is 6.92 Å². The van der Waals surface area contributed by atoms with Crippen LogP contribution in [0.5, 0.6) is 0 Å². The van der Waals surface area contributed by atoms with Crippen LogP contribution in [0.15, 0.2) is 4.42 Å². The largest absolute Gasteiger partial charge is 0.481 e. The first kappa shape index (κ1) is 11.2. The molecule has 3 N–H and O–H groups in total. The minimum absolute atomic E-state index is 0.127. The fourth-order valence-electron chi connectivity index (χ4n) is 2.53. The van der Waals surface area contributed by atoms with Crippen molar-refractivity contribution in [2.24, 2.45) is 5.73 Å². The van der Waals surface area contributed by atoms with Gasteiger partial charge in [0.25, 0.3) is 0 Å². The van der Waals surface area contributed by atoms with E-state index in [4.69, 9.17) is 15.3 Å². The second-order valence-electron chi connectivity index (χ2n) is 4.31. The maximum atomic E-state index is 11.1. The molecule has 0 saturated heterocycles. The molecule has 1 aliphatic rings. The normalized spacial score (nSPS) is 16.9. The summed E-state index contributed by atoms with van der Waals surface area (Å²) in [5.41, 5.74) is 7.47. The molecular weight excluding hydrogens is 206 g/mol. The molecule has 0 aromatic carbocycles. The van der Waals surface area contributed by atoms with Crippen LogP contribution in [0.4, 0.5) is 0 Å². The van der Waals surface area contributed by atoms with E-state index < -0.39 is 11.9 Å². The number of aryl methyl sites for hydroxylation is 2. The molecule has 0 spiro atoms. The molecule has 0 aliphatic heterocycles. The third kappa shape index (κ3) is 1.73. The van der Waals surface area contributed by atoms with Crippen molar-refractivity contribution in [2.75, 3.05) is 6.54 Å². The molecule has 1 unspecified atom stereocenters. The van der Waals surface area contributed by atoms with Crippen LogP contribution in [-0.4, -0.2) is 17.6 Å². The predicted molar refractivity (Wildman–Crippen MR) is 59.5 cm³/mol. The van der Waals surface area contributed by atoms with E-state index in [0.29, 0.717) is 0 Å². The highest BCUT2D eigenvalue weighted by Crippen LogP contribution is 2.34. The van der Waals surface area contributed by atoms with E-state index in [2.05, 4.69) is 0 Å². The highest BCUT2D eigenvalue weighted by Gasteiger charge is 2.29. The van der Waals surface area contributed by atoms with Crippen LogP contribution < -0.4 is 5.73 Å². The zero-order chi connectivity index (χ0) is 11.7. The van der Waals surface area contributed by atoms with Crippen molar-refractivity contribution >= 4 is 5.97 Å². The summed E-state index contributed by atoms with van der Waals surface area (Å²) in [5, 5.41) is 9.15. The number of nitrogens with two attached hydrogens (primary N) is 1. The summed E-state index contributed by atoms with van der Waals surface area (Å²) in [5.74, 6) is 0.216. The summed E-state index contributed by atoms with van der Waals surface area (Å²) < 4.78 is 5.65. The Morgan fingerprint density at radius 1 is 1.50 bits per heavy atom. The Morgan fingerprint density at radius 2 is 2.19 bits per heavy atom. The van der Waals surface area contributed by atoms with Gasteiger partial charge >= 0.3 is 5.97 Å². The summed E-state index contributed by atoms with van der Waals surface area (Å²) >= 11 is 0. The van der Waals surface area contributed by atoms with E-state index >= 15 is 0 Å². The molecule has 0 bridgehead atoms. The van der Waals surface area contributed by atoms with E-state index in [1.165, 1.54) is 0 Å². The van der Waals surface area contributed by atoms with Gasteiger partial charge in [-0.3, -0.25) is 4.79 Å². The molecule has 16 heavy (non-hydrogen) atoms. The van der Waals surface area contributed by atoms with Crippen molar-refractivity contribution < 1.29 is 14.3 Å². The average Bonchev–Trinajstić information content (AvgIpc) is 2.57. The lowest BCUT2D eigenvalue weighted by molar-refractivity contribution is -0.138. The molecule has 0 saturated carbocycles. The molecule has 2 rings (SSSR count).